The number of hydrogen-bond acceptors (Lipinski definition) is 8. The Hall–Kier alpha value is -3.14. The van der Waals surface area contributed by atoms with Crippen LogP contribution in [-0.4, -0.2) is 40.4 Å². The van der Waals surface area contributed by atoms with Crippen LogP contribution in [0.4, 0.5) is 5.13 Å². The second kappa shape index (κ2) is 8.18. The molecule has 3 aromatic rings. The lowest BCUT2D eigenvalue weighted by atomic mass is 10.1. The number of amides is 2. The van der Waals surface area contributed by atoms with Crippen LogP contribution in [-0.2, 0) is 4.74 Å². The number of hydrogen-bond donors (Lipinski definition) is 0. The van der Waals surface area contributed by atoms with E-state index in [9.17, 15) is 19.2 Å². The van der Waals surface area contributed by atoms with Gasteiger partial charge in [-0.05, 0) is 43.3 Å². The first-order valence-corrected chi connectivity index (χ1v) is 10.3. The minimum atomic E-state index is -0.827. The van der Waals surface area contributed by atoms with Gasteiger partial charge >= 0.3 is 5.97 Å². The topological polar surface area (TPSA) is 107 Å². The van der Waals surface area contributed by atoms with Gasteiger partial charge in [0.15, 0.2) is 6.61 Å². The summed E-state index contributed by atoms with van der Waals surface area (Å²) >= 11 is 12.9. The lowest BCUT2D eigenvalue weighted by molar-refractivity contribution is 0.0474. The number of aryl methyl sites for hydroxylation is 1. The number of rotatable bonds is 5. The van der Waals surface area contributed by atoms with Gasteiger partial charge in [0.1, 0.15) is 5.01 Å². The van der Waals surface area contributed by atoms with Crippen LogP contribution < -0.4 is 4.90 Å². The van der Waals surface area contributed by atoms with Crippen LogP contribution in [0.5, 0.6) is 0 Å². The number of ether oxygens (including phenoxy) is 1. The first-order valence-electron chi connectivity index (χ1n) is 8.74. The van der Waals surface area contributed by atoms with Crippen LogP contribution in [0.25, 0.3) is 0 Å². The summed E-state index contributed by atoms with van der Waals surface area (Å²) in [6.45, 7) is 1.15. The minimum Gasteiger partial charge on any atom is -0.454 e. The standard InChI is InChI=1S/C20H11Cl2N3O5S/c1-9-23-24-20(31-9)25-17(27)12-4-2-10(6-14(12)18(25)28)19(29)30-8-16(26)13-5-3-11(21)7-15(13)22/h2-7H,8H2,1H3. The Balaban J connectivity index is 1.50. The predicted octanol–water partition coefficient (Wildman–Crippen LogP) is 3.99. The molecule has 0 saturated carbocycles. The van der Waals surface area contributed by atoms with E-state index in [0.29, 0.717) is 10.0 Å². The Bertz CT molecular complexity index is 1270. The molecule has 1 aliphatic heterocycles. The summed E-state index contributed by atoms with van der Waals surface area (Å²) in [5.74, 6) is -2.51. The van der Waals surface area contributed by atoms with E-state index in [0.717, 1.165) is 16.2 Å². The van der Waals surface area contributed by atoms with Crippen LogP contribution in [0.2, 0.25) is 10.0 Å². The van der Waals surface area contributed by atoms with Crippen LogP contribution >= 0.6 is 34.5 Å². The molecule has 8 nitrogen and oxygen atoms in total. The summed E-state index contributed by atoms with van der Waals surface area (Å²) in [7, 11) is 0. The van der Waals surface area contributed by atoms with Crippen LogP contribution in [0.15, 0.2) is 36.4 Å². The molecular formula is C20H11Cl2N3O5S. The van der Waals surface area contributed by atoms with Crippen molar-refractivity contribution in [1.29, 1.82) is 0 Å². The van der Waals surface area contributed by atoms with Gasteiger partial charge in [-0.3, -0.25) is 14.4 Å². The molecule has 2 aromatic carbocycles. The SMILES string of the molecule is Cc1nnc(N2C(=O)c3ccc(C(=O)OCC(=O)c4ccc(Cl)cc4Cl)cc3C2=O)s1. The van der Waals surface area contributed by atoms with E-state index < -0.39 is 30.2 Å². The van der Waals surface area contributed by atoms with E-state index in [2.05, 4.69) is 10.2 Å². The Morgan fingerprint density at radius 1 is 1.03 bits per heavy atom. The molecule has 0 N–H and O–H groups in total. The summed E-state index contributed by atoms with van der Waals surface area (Å²) < 4.78 is 5.06. The molecule has 0 saturated heterocycles. The first-order chi connectivity index (χ1) is 14.8. The number of halogens is 2. The highest BCUT2D eigenvalue weighted by atomic mass is 35.5. The molecule has 4 rings (SSSR count). The average Bonchev–Trinajstić information content (AvgIpc) is 3.26. The smallest absolute Gasteiger partial charge is 0.338 e. The van der Waals surface area contributed by atoms with Crippen LogP contribution in [0, 0.1) is 6.92 Å². The molecule has 156 valence electrons. The number of fused-ring (bicyclic) bond motifs is 1. The fraction of sp³-hybridized carbons (Fsp3) is 0.100. The Morgan fingerprint density at radius 2 is 1.77 bits per heavy atom. The maximum absolute atomic E-state index is 12.7. The van der Waals surface area contributed by atoms with Crippen molar-refractivity contribution < 1.29 is 23.9 Å². The first kappa shape index (κ1) is 21.1. The summed E-state index contributed by atoms with van der Waals surface area (Å²) in [6, 6.07) is 8.30. The monoisotopic (exact) mass is 475 g/mol. The van der Waals surface area contributed by atoms with E-state index in [1.165, 1.54) is 36.4 Å². The average molecular weight is 476 g/mol. The van der Waals surface area contributed by atoms with E-state index in [4.69, 9.17) is 27.9 Å². The van der Waals surface area contributed by atoms with Gasteiger partial charge in [0, 0.05) is 10.6 Å². The zero-order valence-electron chi connectivity index (χ0n) is 15.7. The quantitative estimate of drug-likeness (QED) is 0.311. The number of anilines is 1. The third-order valence-corrected chi connectivity index (χ3v) is 5.77. The maximum atomic E-state index is 12.7. The van der Waals surface area contributed by atoms with Crippen molar-refractivity contribution in [2.75, 3.05) is 11.5 Å². The number of ketones is 1. The molecule has 0 spiro atoms. The number of nitrogens with zero attached hydrogens (tertiary/aromatic N) is 3. The van der Waals surface area contributed by atoms with Crippen molar-refractivity contribution in [3.63, 3.8) is 0 Å². The van der Waals surface area contributed by atoms with Gasteiger partial charge in [-0.25, -0.2) is 9.69 Å². The van der Waals surface area contributed by atoms with Gasteiger partial charge in [-0.1, -0.05) is 34.5 Å². The molecule has 11 heteroatoms. The van der Waals surface area contributed by atoms with E-state index in [1.807, 2.05) is 0 Å². The number of carbonyl (C=O) groups is 4. The number of esters is 1. The summed E-state index contributed by atoms with van der Waals surface area (Å²) in [5, 5.41) is 8.91. The van der Waals surface area contributed by atoms with Gasteiger partial charge < -0.3 is 4.74 Å². The van der Waals surface area contributed by atoms with E-state index in [-0.39, 0.29) is 32.4 Å². The Kier molecular flexibility index (Phi) is 5.57. The Morgan fingerprint density at radius 3 is 2.45 bits per heavy atom. The highest BCUT2D eigenvalue weighted by Crippen LogP contribution is 2.31. The molecule has 0 bridgehead atoms. The van der Waals surface area contributed by atoms with Gasteiger partial charge in [-0.15, -0.1) is 10.2 Å². The van der Waals surface area contributed by atoms with Gasteiger partial charge in [0.2, 0.25) is 10.9 Å². The normalized spacial score (nSPS) is 12.8. The van der Waals surface area contributed by atoms with Crippen molar-refractivity contribution in [2.24, 2.45) is 0 Å². The zero-order valence-corrected chi connectivity index (χ0v) is 18.0. The molecule has 31 heavy (non-hydrogen) atoms. The molecule has 0 unspecified atom stereocenters. The number of carbonyl (C=O) groups excluding carboxylic acids is 4. The molecular weight excluding hydrogens is 465 g/mol. The fourth-order valence-corrected chi connectivity index (χ4v) is 4.12. The second-order valence-electron chi connectivity index (χ2n) is 6.43. The van der Waals surface area contributed by atoms with E-state index in [1.54, 1.807) is 6.92 Å². The van der Waals surface area contributed by atoms with Crippen LogP contribution in [0.1, 0.15) is 46.4 Å². The van der Waals surface area contributed by atoms with E-state index >= 15 is 0 Å². The lowest BCUT2D eigenvalue weighted by Gasteiger charge is -2.07. The lowest BCUT2D eigenvalue weighted by Crippen LogP contribution is -2.29. The van der Waals surface area contributed by atoms with Gasteiger partial charge in [-0.2, -0.15) is 0 Å². The molecule has 0 radical (unpaired) electrons. The van der Waals surface area contributed by atoms with Crippen molar-refractivity contribution in [1.82, 2.24) is 10.2 Å². The van der Waals surface area contributed by atoms with Gasteiger partial charge in [0.05, 0.1) is 21.7 Å². The maximum Gasteiger partial charge on any atom is 0.338 e. The molecule has 1 aromatic heterocycles. The summed E-state index contributed by atoms with van der Waals surface area (Å²) in [5.41, 5.74) is 0.361. The molecule has 0 aliphatic carbocycles. The summed E-state index contributed by atoms with van der Waals surface area (Å²) in [4.78, 5) is 50.9. The predicted molar refractivity (Wildman–Crippen MR) is 113 cm³/mol. The molecule has 2 heterocycles. The molecule has 2 amide bonds. The molecule has 1 aliphatic rings. The van der Waals surface area contributed by atoms with Crippen molar-refractivity contribution in [3.8, 4) is 0 Å². The molecule has 0 fully saturated rings. The second-order valence-corrected chi connectivity index (χ2v) is 8.44. The zero-order chi connectivity index (χ0) is 22.3. The van der Waals surface area contributed by atoms with Gasteiger partial charge in [0.25, 0.3) is 11.8 Å². The highest BCUT2D eigenvalue weighted by Gasteiger charge is 2.39. The largest absolute Gasteiger partial charge is 0.454 e. The third-order valence-electron chi connectivity index (χ3n) is 4.39. The highest BCUT2D eigenvalue weighted by molar-refractivity contribution is 7.15. The Labute approximate surface area is 189 Å². The fourth-order valence-electron chi connectivity index (χ4n) is 2.93. The third kappa shape index (κ3) is 3.95. The number of aromatic nitrogens is 2. The van der Waals surface area contributed by atoms with Crippen molar-refractivity contribution in [2.45, 2.75) is 6.92 Å². The number of benzene rings is 2. The number of imide groups is 1. The summed E-state index contributed by atoms with van der Waals surface area (Å²) in [6.07, 6.45) is 0. The van der Waals surface area contributed by atoms with Crippen molar-refractivity contribution >= 4 is 63.2 Å². The number of Topliss-reactive ketones (excluding diaryl/α,β-unsaturated/α-hetero) is 1. The minimum absolute atomic E-state index is 0.0187. The molecule has 0 atom stereocenters. The van der Waals surface area contributed by atoms with Crippen molar-refractivity contribution in [3.05, 3.63) is 73.7 Å². The van der Waals surface area contributed by atoms with Crippen LogP contribution in [0.3, 0.4) is 0 Å².